The van der Waals surface area contributed by atoms with Crippen LogP contribution in [0.25, 0.3) is 5.00 Å². The second-order valence-electron chi connectivity index (χ2n) is 6.96. The van der Waals surface area contributed by atoms with E-state index in [1.54, 1.807) is 16.2 Å². The number of nitrogens with zero attached hydrogens (tertiary/aromatic N) is 2. The first-order valence-corrected chi connectivity index (χ1v) is 10.1. The lowest BCUT2D eigenvalue weighted by molar-refractivity contribution is -0.135. The minimum absolute atomic E-state index is 0.157. The molecule has 1 amide bonds. The minimum atomic E-state index is -0.448. The first kappa shape index (κ1) is 18.5. The number of fused-ring (bicyclic) bond motifs is 1. The summed E-state index contributed by atoms with van der Waals surface area (Å²) in [5.74, 6) is -0.605. The fourth-order valence-corrected chi connectivity index (χ4v) is 4.61. The molecule has 144 valence electrons. The molecule has 0 aliphatic carbocycles. The second-order valence-corrected chi connectivity index (χ2v) is 8.17. The van der Waals surface area contributed by atoms with Gasteiger partial charge in [-0.25, -0.2) is 4.79 Å². The van der Waals surface area contributed by atoms with Crippen LogP contribution >= 0.6 is 11.3 Å². The highest BCUT2D eigenvalue weighted by Gasteiger charge is 2.25. The van der Waals surface area contributed by atoms with Crippen LogP contribution < -0.4 is 0 Å². The number of thiophene rings is 1. The van der Waals surface area contributed by atoms with Gasteiger partial charge in [0.2, 0.25) is 0 Å². The lowest BCUT2D eigenvalue weighted by atomic mass is 10.00. The zero-order chi connectivity index (χ0) is 19.7. The van der Waals surface area contributed by atoms with Gasteiger partial charge in [-0.3, -0.25) is 4.79 Å². The van der Waals surface area contributed by atoms with Crippen molar-refractivity contribution in [3.8, 4) is 5.00 Å². The van der Waals surface area contributed by atoms with Crippen LogP contribution in [0.4, 0.5) is 0 Å². The lowest BCUT2D eigenvalue weighted by Crippen LogP contribution is -2.38. The SMILES string of the molecule is Cc1sc(-n2cccc2)c(C(=O)OCC(=O)N2CCc3ccccc3C2)c1C. The number of benzene rings is 1. The second kappa shape index (κ2) is 7.64. The molecule has 0 saturated carbocycles. The summed E-state index contributed by atoms with van der Waals surface area (Å²) in [4.78, 5) is 28.2. The third-order valence-corrected chi connectivity index (χ3v) is 6.44. The Morgan fingerprint density at radius 2 is 1.79 bits per heavy atom. The maximum absolute atomic E-state index is 12.8. The fourth-order valence-electron chi connectivity index (χ4n) is 3.50. The van der Waals surface area contributed by atoms with E-state index in [9.17, 15) is 9.59 Å². The quantitative estimate of drug-likeness (QED) is 0.631. The van der Waals surface area contributed by atoms with E-state index in [1.807, 2.05) is 61.1 Å². The average Bonchev–Trinajstić information content (AvgIpc) is 3.34. The van der Waals surface area contributed by atoms with Crippen LogP contribution in [0.3, 0.4) is 0 Å². The minimum Gasteiger partial charge on any atom is -0.452 e. The maximum Gasteiger partial charge on any atom is 0.341 e. The molecule has 0 radical (unpaired) electrons. The molecule has 0 bridgehead atoms. The Hall–Kier alpha value is -2.86. The van der Waals surface area contributed by atoms with E-state index < -0.39 is 5.97 Å². The van der Waals surface area contributed by atoms with Crippen molar-refractivity contribution in [1.29, 1.82) is 0 Å². The Kier molecular flexibility index (Phi) is 5.05. The Balaban J connectivity index is 1.45. The molecular weight excluding hydrogens is 372 g/mol. The highest BCUT2D eigenvalue weighted by Crippen LogP contribution is 2.31. The zero-order valence-electron chi connectivity index (χ0n) is 16.0. The van der Waals surface area contributed by atoms with Crippen molar-refractivity contribution < 1.29 is 14.3 Å². The van der Waals surface area contributed by atoms with Crippen LogP contribution in [0.2, 0.25) is 0 Å². The summed E-state index contributed by atoms with van der Waals surface area (Å²) in [5, 5.41) is 0.823. The predicted octanol–water partition coefficient (Wildman–Crippen LogP) is 3.90. The standard InChI is InChI=1S/C22H22N2O3S/c1-15-16(2)28-21(23-10-5-6-11-23)20(15)22(26)27-14-19(25)24-12-9-17-7-3-4-8-18(17)13-24/h3-8,10-11H,9,12-14H2,1-2H3. The number of rotatable bonds is 4. The van der Waals surface area contributed by atoms with Gasteiger partial charge >= 0.3 is 5.97 Å². The normalized spacial score (nSPS) is 13.3. The molecular formula is C22H22N2O3S. The van der Waals surface area contributed by atoms with Crippen LogP contribution in [0, 0.1) is 13.8 Å². The van der Waals surface area contributed by atoms with Gasteiger partial charge in [0.25, 0.3) is 5.91 Å². The molecule has 5 nitrogen and oxygen atoms in total. The molecule has 1 aliphatic rings. The molecule has 3 heterocycles. The fraction of sp³-hybridized carbons (Fsp3) is 0.273. The summed E-state index contributed by atoms with van der Waals surface area (Å²) in [6.45, 7) is 4.88. The molecule has 0 saturated heterocycles. The van der Waals surface area contributed by atoms with Crippen molar-refractivity contribution in [3.05, 3.63) is 75.9 Å². The molecule has 3 aromatic rings. The Morgan fingerprint density at radius 3 is 2.54 bits per heavy atom. The molecule has 2 aromatic heterocycles. The van der Waals surface area contributed by atoms with E-state index in [-0.39, 0.29) is 12.5 Å². The Bertz CT molecular complexity index is 1020. The smallest absolute Gasteiger partial charge is 0.341 e. The van der Waals surface area contributed by atoms with Crippen LogP contribution in [0.15, 0.2) is 48.8 Å². The summed E-state index contributed by atoms with van der Waals surface area (Å²) in [7, 11) is 0. The third-order valence-electron chi connectivity index (χ3n) is 5.22. The van der Waals surface area contributed by atoms with Gasteiger partial charge in [0.05, 0.1) is 5.56 Å². The van der Waals surface area contributed by atoms with E-state index in [0.29, 0.717) is 18.7 Å². The number of aromatic nitrogens is 1. The van der Waals surface area contributed by atoms with E-state index in [4.69, 9.17) is 4.74 Å². The zero-order valence-corrected chi connectivity index (χ0v) is 16.8. The van der Waals surface area contributed by atoms with E-state index in [1.165, 1.54) is 5.56 Å². The monoisotopic (exact) mass is 394 g/mol. The summed E-state index contributed by atoms with van der Waals surface area (Å²) < 4.78 is 7.33. The van der Waals surface area contributed by atoms with Crippen molar-refractivity contribution in [3.63, 3.8) is 0 Å². The van der Waals surface area contributed by atoms with Gasteiger partial charge in [0.15, 0.2) is 6.61 Å². The average molecular weight is 394 g/mol. The molecule has 4 rings (SSSR count). The highest BCUT2D eigenvalue weighted by molar-refractivity contribution is 7.15. The van der Waals surface area contributed by atoms with Crippen molar-refractivity contribution in [2.75, 3.05) is 13.2 Å². The van der Waals surface area contributed by atoms with Gasteiger partial charge < -0.3 is 14.2 Å². The summed E-state index contributed by atoms with van der Waals surface area (Å²) in [6.07, 6.45) is 4.63. The number of ether oxygens (including phenoxy) is 1. The highest BCUT2D eigenvalue weighted by atomic mass is 32.1. The molecule has 0 atom stereocenters. The van der Waals surface area contributed by atoms with Crippen LogP contribution in [-0.4, -0.2) is 34.5 Å². The molecule has 0 fully saturated rings. The maximum atomic E-state index is 12.8. The van der Waals surface area contributed by atoms with Gasteiger partial charge in [0.1, 0.15) is 5.00 Å². The van der Waals surface area contributed by atoms with Crippen LogP contribution in [0.5, 0.6) is 0 Å². The number of carbonyl (C=O) groups excluding carboxylic acids is 2. The number of hydrogen-bond acceptors (Lipinski definition) is 4. The van der Waals surface area contributed by atoms with Crippen molar-refractivity contribution in [1.82, 2.24) is 9.47 Å². The Labute approximate surface area is 168 Å². The summed E-state index contributed by atoms with van der Waals surface area (Å²) >= 11 is 1.55. The van der Waals surface area contributed by atoms with E-state index >= 15 is 0 Å². The van der Waals surface area contributed by atoms with Crippen molar-refractivity contribution in [2.24, 2.45) is 0 Å². The van der Waals surface area contributed by atoms with Gasteiger partial charge in [-0.05, 0) is 49.1 Å². The number of aryl methyl sites for hydroxylation is 1. The summed E-state index contributed by atoms with van der Waals surface area (Å²) in [5.41, 5.74) is 3.88. The van der Waals surface area contributed by atoms with Crippen molar-refractivity contribution in [2.45, 2.75) is 26.8 Å². The van der Waals surface area contributed by atoms with E-state index in [0.717, 1.165) is 27.4 Å². The molecule has 1 aliphatic heterocycles. The molecule has 28 heavy (non-hydrogen) atoms. The molecule has 6 heteroatoms. The van der Waals surface area contributed by atoms with Crippen LogP contribution in [0.1, 0.15) is 31.9 Å². The number of carbonyl (C=O) groups is 2. The van der Waals surface area contributed by atoms with Gasteiger partial charge in [-0.1, -0.05) is 24.3 Å². The molecule has 0 unspecified atom stereocenters. The van der Waals surface area contributed by atoms with Crippen LogP contribution in [-0.2, 0) is 22.5 Å². The van der Waals surface area contributed by atoms with Gasteiger partial charge in [-0.15, -0.1) is 11.3 Å². The predicted molar refractivity (Wildman–Crippen MR) is 109 cm³/mol. The molecule has 0 spiro atoms. The summed E-state index contributed by atoms with van der Waals surface area (Å²) in [6, 6.07) is 12.0. The van der Waals surface area contributed by atoms with Gasteiger partial charge in [0, 0.05) is 30.4 Å². The van der Waals surface area contributed by atoms with E-state index in [2.05, 4.69) is 6.07 Å². The largest absolute Gasteiger partial charge is 0.452 e. The molecule has 0 N–H and O–H groups in total. The van der Waals surface area contributed by atoms with Crippen molar-refractivity contribution >= 4 is 23.2 Å². The number of hydrogen-bond donors (Lipinski definition) is 0. The number of amides is 1. The molecule has 1 aromatic carbocycles. The lowest BCUT2D eigenvalue weighted by Gasteiger charge is -2.28. The van der Waals surface area contributed by atoms with Gasteiger partial charge in [-0.2, -0.15) is 0 Å². The third kappa shape index (κ3) is 3.47. The Morgan fingerprint density at radius 1 is 1.07 bits per heavy atom. The first-order valence-electron chi connectivity index (χ1n) is 9.29. The number of esters is 1. The first-order chi connectivity index (χ1) is 13.5. The topological polar surface area (TPSA) is 51.5 Å².